The van der Waals surface area contributed by atoms with E-state index in [0.717, 1.165) is 19.3 Å². The zero-order chi connectivity index (χ0) is 16.2. The highest BCUT2D eigenvalue weighted by molar-refractivity contribution is 5.76. The number of rotatable bonds is 7. The van der Waals surface area contributed by atoms with Crippen LogP contribution < -0.4 is 5.32 Å². The highest BCUT2D eigenvalue weighted by Crippen LogP contribution is 2.28. The highest BCUT2D eigenvalue weighted by atomic mass is 19.3. The fourth-order valence-corrected chi connectivity index (χ4v) is 3.00. The van der Waals surface area contributed by atoms with Crippen molar-refractivity contribution in [3.63, 3.8) is 0 Å². The Hall–Kier alpha value is -0.790. The fourth-order valence-electron chi connectivity index (χ4n) is 3.00. The van der Waals surface area contributed by atoms with Crippen LogP contribution in [0.25, 0.3) is 0 Å². The van der Waals surface area contributed by atoms with E-state index in [2.05, 4.69) is 12.2 Å². The Bertz CT molecular complexity index is 382. The molecule has 0 saturated carbocycles. The lowest BCUT2D eigenvalue weighted by Crippen LogP contribution is -2.46. The first-order chi connectivity index (χ1) is 10.4. The van der Waals surface area contributed by atoms with Gasteiger partial charge in [-0.05, 0) is 6.42 Å². The number of unbranched alkanes of at least 4 members (excludes halogenated alkanes) is 2. The van der Waals surface area contributed by atoms with Crippen molar-refractivity contribution in [2.24, 2.45) is 0 Å². The van der Waals surface area contributed by atoms with Crippen LogP contribution in [0.3, 0.4) is 0 Å². The second-order valence-electron chi connectivity index (χ2n) is 6.33. The normalized spacial score (nSPS) is 31.5. The summed E-state index contributed by atoms with van der Waals surface area (Å²) in [5.74, 6) is -2.73. The molecular formula is C15H26F2N2O3. The number of ether oxygens (including phenoxy) is 1. The van der Waals surface area contributed by atoms with Gasteiger partial charge in [0.25, 0.3) is 5.92 Å². The Morgan fingerprint density at radius 2 is 2.23 bits per heavy atom. The summed E-state index contributed by atoms with van der Waals surface area (Å²) in [5, 5.41) is 13.0. The Labute approximate surface area is 130 Å². The molecule has 0 unspecified atom stereocenters. The van der Waals surface area contributed by atoms with Gasteiger partial charge in [-0.25, -0.2) is 8.78 Å². The van der Waals surface area contributed by atoms with Crippen LogP contribution in [0.15, 0.2) is 0 Å². The average Bonchev–Trinajstić information content (AvgIpc) is 2.96. The van der Waals surface area contributed by atoms with Crippen LogP contribution in [0.5, 0.6) is 0 Å². The van der Waals surface area contributed by atoms with Crippen molar-refractivity contribution in [2.75, 3.05) is 26.2 Å². The van der Waals surface area contributed by atoms with Gasteiger partial charge in [0.05, 0.1) is 25.3 Å². The largest absolute Gasteiger partial charge is 0.388 e. The minimum atomic E-state index is -2.64. The summed E-state index contributed by atoms with van der Waals surface area (Å²) in [5.41, 5.74) is 0. The molecule has 1 amide bonds. The second-order valence-corrected chi connectivity index (χ2v) is 6.33. The number of aliphatic hydroxyl groups is 1. The maximum atomic E-state index is 13.2. The molecule has 0 radical (unpaired) electrons. The van der Waals surface area contributed by atoms with Crippen molar-refractivity contribution in [1.29, 1.82) is 0 Å². The number of nitrogens with one attached hydrogen (secondary N) is 1. The van der Waals surface area contributed by atoms with E-state index in [-0.39, 0.29) is 32.0 Å². The summed E-state index contributed by atoms with van der Waals surface area (Å²) in [6.07, 6.45) is 1.82. The Kier molecular flexibility index (Phi) is 6.11. The molecule has 2 rings (SSSR count). The van der Waals surface area contributed by atoms with Crippen LogP contribution >= 0.6 is 0 Å². The van der Waals surface area contributed by atoms with Gasteiger partial charge in [-0.3, -0.25) is 9.69 Å². The summed E-state index contributed by atoms with van der Waals surface area (Å²) in [4.78, 5) is 13.4. The summed E-state index contributed by atoms with van der Waals surface area (Å²) in [6.45, 7) is 2.61. The first-order valence-corrected chi connectivity index (χ1v) is 8.10. The minimum absolute atomic E-state index is 0.0885. The number of aliphatic hydroxyl groups excluding tert-OH is 1. The molecule has 0 spiro atoms. The second kappa shape index (κ2) is 7.66. The zero-order valence-electron chi connectivity index (χ0n) is 13.1. The van der Waals surface area contributed by atoms with Crippen molar-refractivity contribution >= 4 is 5.91 Å². The van der Waals surface area contributed by atoms with E-state index >= 15 is 0 Å². The van der Waals surface area contributed by atoms with Gasteiger partial charge >= 0.3 is 0 Å². The molecule has 0 aliphatic carbocycles. The van der Waals surface area contributed by atoms with Crippen LogP contribution in [-0.2, 0) is 9.53 Å². The van der Waals surface area contributed by atoms with E-state index in [1.54, 1.807) is 4.90 Å². The number of hydrogen-bond acceptors (Lipinski definition) is 4. The van der Waals surface area contributed by atoms with Gasteiger partial charge in [0, 0.05) is 25.9 Å². The maximum Gasteiger partial charge on any atom is 0.261 e. The van der Waals surface area contributed by atoms with Crippen LogP contribution in [0, 0.1) is 0 Å². The van der Waals surface area contributed by atoms with Crippen LogP contribution in [0.2, 0.25) is 0 Å². The molecule has 2 aliphatic rings. The third-order valence-electron chi connectivity index (χ3n) is 4.32. The van der Waals surface area contributed by atoms with Gasteiger partial charge < -0.3 is 15.2 Å². The predicted octanol–water partition coefficient (Wildman–Crippen LogP) is 1.15. The van der Waals surface area contributed by atoms with E-state index in [1.165, 1.54) is 0 Å². The average molecular weight is 320 g/mol. The molecule has 3 atom stereocenters. The summed E-state index contributed by atoms with van der Waals surface area (Å²) < 4.78 is 31.8. The molecule has 22 heavy (non-hydrogen) atoms. The van der Waals surface area contributed by atoms with Crippen molar-refractivity contribution in [2.45, 2.75) is 63.2 Å². The van der Waals surface area contributed by atoms with Gasteiger partial charge in [0.1, 0.15) is 6.10 Å². The zero-order valence-corrected chi connectivity index (χ0v) is 13.1. The highest BCUT2D eigenvalue weighted by Gasteiger charge is 2.42. The summed E-state index contributed by atoms with van der Waals surface area (Å²) in [7, 11) is 0. The fraction of sp³-hybridized carbons (Fsp3) is 0.933. The smallest absolute Gasteiger partial charge is 0.261 e. The third kappa shape index (κ3) is 4.86. The number of nitrogens with zero attached hydrogens (tertiary/aromatic N) is 1. The quantitative estimate of drug-likeness (QED) is 0.691. The molecular weight excluding hydrogens is 294 g/mol. The number of carbonyl (C=O) groups is 1. The molecule has 2 saturated heterocycles. The monoisotopic (exact) mass is 320 g/mol. The molecule has 2 aliphatic heterocycles. The number of amides is 1. The summed E-state index contributed by atoms with van der Waals surface area (Å²) in [6, 6.07) is -0.442. The standard InChI is InChI=1S/C15H26F2N2O3/c1-2-3-4-5-13(20)18-11-9-22-12(14(11)21)8-19-7-6-15(16,17)10-19/h11-12,14,21H,2-10H2,1H3,(H,18,20)/t11-,12-,14+/m0/s1. The molecule has 0 aromatic carbocycles. The van der Waals surface area contributed by atoms with Crippen molar-refractivity contribution in [3.05, 3.63) is 0 Å². The van der Waals surface area contributed by atoms with Crippen molar-refractivity contribution in [3.8, 4) is 0 Å². The van der Waals surface area contributed by atoms with Crippen LogP contribution in [0.4, 0.5) is 8.78 Å². The van der Waals surface area contributed by atoms with Crippen molar-refractivity contribution < 1.29 is 23.4 Å². The van der Waals surface area contributed by atoms with Crippen molar-refractivity contribution in [1.82, 2.24) is 10.2 Å². The molecule has 0 bridgehead atoms. The molecule has 2 N–H and O–H groups in total. The Morgan fingerprint density at radius 3 is 2.86 bits per heavy atom. The molecule has 2 fully saturated rings. The van der Waals surface area contributed by atoms with Gasteiger partial charge in [0.2, 0.25) is 5.91 Å². The van der Waals surface area contributed by atoms with E-state index < -0.39 is 24.2 Å². The Morgan fingerprint density at radius 1 is 1.45 bits per heavy atom. The lowest BCUT2D eigenvalue weighted by molar-refractivity contribution is -0.122. The maximum absolute atomic E-state index is 13.2. The van der Waals surface area contributed by atoms with Gasteiger partial charge in [0.15, 0.2) is 0 Å². The molecule has 128 valence electrons. The topological polar surface area (TPSA) is 61.8 Å². The van der Waals surface area contributed by atoms with Crippen LogP contribution in [0.1, 0.15) is 39.0 Å². The van der Waals surface area contributed by atoms with E-state index in [4.69, 9.17) is 4.74 Å². The number of hydrogen-bond donors (Lipinski definition) is 2. The predicted molar refractivity (Wildman–Crippen MR) is 77.8 cm³/mol. The SMILES string of the molecule is CCCCCC(=O)N[C@H]1CO[C@@H](CN2CCC(F)(F)C2)[C@@H]1O. The van der Waals surface area contributed by atoms with Gasteiger partial charge in [-0.15, -0.1) is 0 Å². The first kappa shape index (κ1) is 17.6. The number of alkyl halides is 2. The number of halogens is 2. The Balaban J connectivity index is 1.73. The summed E-state index contributed by atoms with van der Waals surface area (Å²) >= 11 is 0. The lowest BCUT2D eigenvalue weighted by Gasteiger charge is -2.23. The molecule has 0 aromatic heterocycles. The van der Waals surface area contributed by atoms with E-state index in [9.17, 15) is 18.7 Å². The van der Waals surface area contributed by atoms with Crippen LogP contribution in [-0.4, -0.2) is 66.3 Å². The number of carbonyl (C=O) groups excluding carboxylic acids is 1. The molecule has 2 heterocycles. The third-order valence-corrected chi connectivity index (χ3v) is 4.32. The van der Waals surface area contributed by atoms with Gasteiger partial charge in [-0.1, -0.05) is 19.8 Å². The molecule has 7 heteroatoms. The van der Waals surface area contributed by atoms with E-state index in [0.29, 0.717) is 13.0 Å². The molecule has 0 aromatic rings. The minimum Gasteiger partial charge on any atom is -0.388 e. The lowest BCUT2D eigenvalue weighted by atomic mass is 10.1. The van der Waals surface area contributed by atoms with Gasteiger partial charge in [-0.2, -0.15) is 0 Å². The molecule has 5 nitrogen and oxygen atoms in total. The number of likely N-dealkylation sites (tertiary alicyclic amines) is 1. The van der Waals surface area contributed by atoms with E-state index in [1.807, 2.05) is 0 Å². The first-order valence-electron chi connectivity index (χ1n) is 8.10.